The number of halogens is 3. The third-order valence-corrected chi connectivity index (χ3v) is 18.9. The second-order valence-electron chi connectivity index (χ2n) is 22.8. The average Bonchev–Trinajstić information content (AvgIpc) is 3.98. The minimum atomic E-state index is 0. The van der Waals surface area contributed by atoms with Gasteiger partial charge in [-0.15, -0.1) is 0 Å². The molecule has 3 nitrogen and oxygen atoms in total. The van der Waals surface area contributed by atoms with Crippen molar-refractivity contribution in [2.45, 2.75) is 36.8 Å². The predicted molar refractivity (Wildman–Crippen MR) is 227 cm³/mol. The topological polar surface area (TPSA) is 0 Å². The normalized spacial score (nSPS) is 30.0. The maximum atomic E-state index is 2.81. The Morgan fingerprint density at radius 3 is 1.83 bits per heavy atom. The molecule has 3 aliphatic heterocycles. The van der Waals surface area contributed by atoms with Gasteiger partial charge in [0.05, 0.1) is 55.4 Å². The number of allylic oxidation sites excluding steroid dienone is 1. The van der Waals surface area contributed by atoms with Gasteiger partial charge >= 0.3 is 0 Å². The molecule has 1 saturated carbocycles. The second kappa shape index (κ2) is 8.81. The number of rotatable bonds is 0. The summed E-state index contributed by atoms with van der Waals surface area (Å²) in [6.07, 6.45) is 5.55. The van der Waals surface area contributed by atoms with E-state index < -0.39 is 0 Å². The molecule has 9 aliphatic rings. The number of fused-ring (bicyclic) bond motifs is 13. The second-order valence-corrected chi connectivity index (χ2v) is 22.8. The minimum absolute atomic E-state index is 0. The summed E-state index contributed by atoms with van der Waals surface area (Å²) in [5, 5.41) is 32.2. The third-order valence-electron chi connectivity index (χ3n) is 18.9. The van der Waals surface area contributed by atoms with E-state index in [2.05, 4.69) is 66.6 Å². The van der Waals surface area contributed by atoms with Gasteiger partial charge in [0.25, 0.3) is 0 Å². The maximum absolute atomic E-state index is 2.81. The van der Waals surface area contributed by atoms with E-state index in [1.807, 2.05) is 11.1 Å². The largest absolute Gasteiger partial charge is 1.00 e. The molecule has 6 unspecified atom stereocenters. The zero-order valence-corrected chi connectivity index (χ0v) is 40.0. The number of hydrogen-bond acceptors (Lipinski definition) is 0. The lowest BCUT2D eigenvalue weighted by Crippen LogP contribution is -3.00. The molecule has 10 aromatic carbocycles. The van der Waals surface area contributed by atoms with Gasteiger partial charge in [-0.3, -0.25) is 0 Å². The summed E-state index contributed by atoms with van der Waals surface area (Å²) in [7, 11) is 15.2. The number of likely N-dealkylation sites (tertiary alicyclic amines) is 1. The molecule has 0 spiro atoms. The molecular weight excluding hydrogens is 1050 g/mol. The molecule has 0 amide bonds. The van der Waals surface area contributed by atoms with Crippen molar-refractivity contribution in [2.75, 3.05) is 68.5 Å². The molecule has 2 fully saturated rings. The minimum Gasteiger partial charge on any atom is -1.00 e. The van der Waals surface area contributed by atoms with E-state index in [4.69, 9.17) is 0 Å². The van der Waals surface area contributed by atoms with Crippen molar-refractivity contribution in [2.24, 2.45) is 11.8 Å². The molecule has 0 bridgehead atoms. The van der Waals surface area contributed by atoms with Gasteiger partial charge in [0, 0.05) is 51.7 Å². The molecule has 19 rings (SSSR count). The molecule has 58 heavy (non-hydrogen) atoms. The summed E-state index contributed by atoms with van der Waals surface area (Å²) < 4.78 is 3.29. The van der Waals surface area contributed by atoms with Gasteiger partial charge in [0.1, 0.15) is 26.2 Å². The van der Waals surface area contributed by atoms with Crippen LogP contribution >= 0.6 is 0 Å². The number of hydrogen-bond donors (Lipinski definition) is 0. The van der Waals surface area contributed by atoms with E-state index in [1.165, 1.54) is 26.2 Å². The summed E-state index contributed by atoms with van der Waals surface area (Å²) in [6, 6.07) is 5.30. The molecule has 0 N–H and O–H groups in total. The summed E-state index contributed by atoms with van der Waals surface area (Å²) in [5.74, 6) is 3.39. The Morgan fingerprint density at radius 2 is 1.05 bits per heavy atom. The van der Waals surface area contributed by atoms with Crippen LogP contribution in [-0.4, -0.2) is 81.9 Å². The molecule has 0 radical (unpaired) electrons. The van der Waals surface area contributed by atoms with Crippen LogP contribution in [0.2, 0.25) is 0 Å². The Bertz CT molecular complexity index is 3900. The van der Waals surface area contributed by atoms with Gasteiger partial charge in [-0.25, -0.2) is 0 Å². The number of nitrogens with zero attached hydrogens (tertiary/aromatic N) is 3. The van der Waals surface area contributed by atoms with Crippen LogP contribution in [0.5, 0.6) is 0 Å². The van der Waals surface area contributed by atoms with Crippen LogP contribution in [0.4, 0.5) is 0 Å². The molecule has 3 heterocycles. The molecule has 1 saturated heterocycles. The molecule has 0 aromatic heterocycles. The lowest BCUT2D eigenvalue weighted by molar-refractivity contribution is -0.909. The summed E-state index contributed by atoms with van der Waals surface area (Å²) in [6.45, 7) is 7.20. The van der Waals surface area contributed by atoms with E-state index >= 15 is 0 Å². The first-order valence-electron chi connectivity index (χ1n) is 21.5. The smallest absolute Gasteiger partial charge is 0.105 e. The Kier molecular flexibility index (Phi) is 5.06. The highest BCUT2D eigenvalue weighted by atomic mass is 127. The van der Waals surface area contributed by atoms with Crippen molar-refractivity contribution in [3.8, 4) is 0 Å². The van der Waals surface area contributed by atoms with E-state index in [9.17, 15) is 0 Å². The first-order valence-corrected chi connectivity index (χ1v) is 21.5. The van der Waals surface area contributed by atoms with Crippen molar-refractivity contribution >= 4 is 114 Å². The van der Waals surface area contributed by atoms with E-state index in [1.54, 1.807) is 152 Å². The molecule has 6 atom stereocenters. The monoisotopic (exact) mass is 1090 g/mol. The van der Waals surface area contributed by atoms with Crippen molar-refractivity contribution in [3.05, 3.63) is 73.5 Å². The van der Waals surface area contributed by atoms with Crippen LogP contribution in [0.25, 0.3) is 114 Å². The van der Waals surface area contributed by atoms with Gasteiger partial charge in [-0.2, -0.15) is 0 Å². The number of benzene rings is 5. The van der Waals surface area contributed by atoms with Crippen molar-refractivity contribution in [3.63, 3.8) is 0 Å². The van der Waals surface area contributed by atoms with E-state index in [0.29, 0.717) is 35.5 Å². The number of quaternary nitrogens is 3. The van der Waals surface area contributed by atoms with Gasteiger partial charge < -0.3 is 85.4 Å². The van der Waals surface area contributed by atoms with Crippen molar-refractivity contribution in [1.82, 2.24) is 0 Å². The lowest BCUT2D eigenvalue weighted by atomic mass is 9.69. The van der Waals surface area contributed by atoms with Crippen LogP contribution in [0.1, 0.15) is 68.2 Å². The summed E-state index contributed by atoms with van der Waals surface area (Å²) >= 11 is 0. The Labute approximate surface area is 386 Å². The van der Waals surface area contributed by atoms with E-state index in [-0.39, 0.29) is 71.9 Å². The van der Waals surface area contributed by atoms with E-state index in [0.717, 1.165) is 26.5 Å². The zero-order valence-electron chi connectivity index (χ0n) is 33.5. The van der Waals surface area contributed by atoms with Crippen molar-refractivity contribution < 1.29 is 85.4 Å². The molecular formula is C52H40I3N3. The Morgan fingerprint density at radius 1 is 0.483 bits per heavy atom. The highest BCUT2D eigenvalue weighted by Gasteiger charge is 2.62. The average molecular weight is 1090 g/mol. The third kappa shape index (κ3) is 2.72. The van der Waals surface area contributed by atoms with Crippen LogP contribution in [0, 0.1) is 11.8 Å². The predicted octanol–water partition coefficient (Wildman–Crippen LogP) is 0.259. The highest BCUT2D eigenvalue weighted by molar-refractivity contribution is 6.59. The molecule has 10 aromatic rings. The molecule has 6 heteroatoms. The Balaban J connectivity index is 0.00000104. The van der Waals surface area contributed by atoms with Gasteiger partial charge in [0.15, 0.2) is 0 Å². The van der Waals surface area contributed by atoms with Crippen LogP contribution in [0.3, 0.4) is 0 Å². The lowest BCUT2D eigenvalue weighted by Gasteiger charge is -2.32. The van der Waals surface area contributed by atoms with Gasteiger partial charge in [-0.1, -0.05) is 24.3 Å². The molecule has 284 valence electrons. The first-order chi connectivity index (χ1) is 26.5. The zero-order chi connectivity index (χ0) is 35.4. The van der Waals surface area contributed by atoms with Gasteiger partial charge in [0.2, 0.25) is 0 Å². The quantitative estimate of drug-likeness (QED) is 0.116. The van der Waals surface area contributed by atoms with Crippen LogP contribution < -0.4 is 77.1 Å². The van der Waals surface area contributed by atoms with Crippen molar-refractivity contribution in [1.29, 1.82) is 0 Å². The summed E-state index contributed by atoms with van der Waals surface area (Å²) in [5.41, 5.74) is 19.4. The first kappa shape index (κ1) is 33.3. The highest BCUT2D eigenvalue weighted by Crippen LogP contribution is 2.75. The standard InChI is InChI=1S/C52H40N3.3HI/c1-53(2)11-21-22(12-53)28-18-8-10-20-30-24-14-55(5,6)16-26(24)36-35-25-15-54(3,4)13-23(25)29-19-9-7-17-27(21)37-38(28)42-32(18)34(20)44-40(30)46(36)47-45(35)39(29)43-33(19)31(17)41(37)48-49(42)51(44)52(47)50(43)48;;;/h7-10,17,23,25,27,31,37H,11-16H2,1-6H3;3*1H/q+3;;;/p-3. The number of likely N-dealkylation sites (N-methyl/N-ethyl adjacent to an activating group) is 2. The van der Waals surface area contributed by atoms with Crippen LogP contribution in [-0.2, 0) is 13.1 Å². The fourth-order valence-electron chi connectivity index (χ4n) is 18.2. The fourth-order valence-corrected chi connectivity index (χ4v) is 18.2. The summed E-state index contributed by atoms with van der Waals surface area (Å²) in [4.78, 5) is 0. The van der Waals surface area contributed by atoms with Crippen LogP contribution in [0.15, 0.2) is 23.8 Å². The fraction of sp³-hybridized carbons (Fsp3) is 0.346. The van der Waals surface area contributed by atoms with Gasteiger partial charge in [-0.05, 0) is 147 Å². The Hall–Kier alpha value is -2.35. The molecule has 6 aliphatic carbocycles. The SMILES string of the molecule is C[N+]1(C)CC2=C(C1)C1C3C4=c5c6c7c8c(c9c7c7c(c%10c%11c(c%12c%13ccc%14c2c3c2c5c3c6c7c%10c%12c3c%13c%142)C[N+](C)(C)C%11)C2C[N+](C)(C)CC92)C=CC1C48.[I-].[I-].[I-]. The maximum Gasteiger partial charge on any atom is 0.105 e.